The predicted molar refractivity (Wildman–Crippen MR) is 121 cm³/mol. The van der Waals surface area contributed by atoms with Crippen LogP contribution in [0.2, 0.25) is 0 Å². The summed E-state index contributed by atoms with van der Waals surface area (Å²) in [6.45, 7) is 6.99. The quantitative estimate of drug-likeness (QED) is 0.705. The van der Waals surface area contributed by atoms with Crippen molar-refractivity contribution < 1.29 is 27.5 Å². The first-order chi connectivity index (χ1) is 14.8. The van der Waals surface area contributed by atoms with Crippen molar-refractivity contribution in [2.24, 2.45) is 0 Å². The van der Waals surface area contributed by atoms with Gasteiger partial charge in [-0.2, -0.15) is 0 Å². The van der Waals surface area contributed by atoms with Gasteiger partial charge in [0.2, 0.25) is 0 Å². The molecule has 8 nitrogen and oxygen atoms in total. The van der Waals surface area contributed by atoms with E-state index in [9.17, 15) is 18.0 Å². The smallest absolute Gasteiger partial charge is 0.408 e. The molecule has 1 aliphatic heterocycles. The highest BCUT2D eigenvalue weighted by Crippen LogP contribution is 2.33. The van der Waals surface area contributed by atoms with E-state index in [1.807, 2.05) is 6.07 Å². The van der Waals surface area contributed by atoms with Crippen LogP contribution in [0.4, 0.5) is 10.5 Å². The second-order valence-electron chi connectivity index (χ2n) is 8.82. The summed E-state index contributed by atoms with van der Waals surface area (Å²) in [5, 5.41) is 5.69. The molecule has 0 aliphatic carbocycles. The van der Waals surface area contributed by atoms with Crippen LogP contribution in [-0.4, -0.2) is 38.4 Å². The van der Waals surface area contributed by atoms with Crippen LogP contribution >= 0.6 is 0 Å². The lowest BCUT2D eigenvalue weighted by atomic mass is 9.98. The van der Waals surface area contributed by atoms with Crippen LogP contribution in [-0.2, 0) is 25.8 Å². The predicted octanol–water partition coefficient (Wildman–Crippen LogP) is 3.62. The number of carbonyl (C=O) groups is 2. The first-order valence-corrected chi connectivity index (χ1v) is 12.1. The number of carbonyl (C=O) groups excluding carboxylic acids is 2. The van der Waals surface area contributed by atoms with Gasteiger partial charge in [-0.1, -0.05) is 18.2 Å². The highest BCUT2D eigenvalue weighted by Gasteiger charge is 2.26. The molecule has 2 atom stereocenters. The highest BCUT2D eigenvalue weighted by molar-refractivity contribution is 7.90. The minimum Gasteiger partial charge on any atom is -0.479 e. The van der Waals surface area contributed by atoms with Crippen molar-refractivity contribution in [1.82, 2.24) is 5.32 Å². The molecule has 2 unspecified atom stereocenters. The largest absolute Gasteiger partial charge is 0.479 e. The number of sulfone groups is 1. The Morgan fingerprint density at radius 1 is 1.19 bits per heavy atom. The number of rotatable bonds is 5. The van der Waals surface area contributed by atoms with Crippen LogP contribution in [0.5, 0.6) is 5.75 Å². The molecule has 0 fully saturated rings. The maximum atomic E-state index is 12.5. The van der Waals surface area contributed by atoms with Crippen LogP contribution in [0.3, 0.4) is 0 Å². The van der Waals surface area contributed by atoms with Gasteiger partial charge in [0.05, 0.1) is 16.6 Å². The van der Waals surface area contributed by atoms with Crippen LogP contribution in [0.25, 0.3) is 0 Å². The van der Waals surface area contributed by atoms with Crippen LogP contribution in [0.15, 0.2) is 47.4 Å². The molecule has 172 valence electrons. The summed E-state index contributed by atoms with van der Waals surface area (Å²) in [4.78, 5) is 24.7. The van der Waals surface area contributed by atoms with E-state index in [0.29, 0.717) is 17.9 Å². The Hall–Kier alpha value is -3.07. The summed E-state index contributed by atoms with van der Waals surface area (Å²) < 4.78 is 34.5. The van der Waals surface area contributed by atoms with Crippen molar-refractivity contribution >= 4 is 27.5 Å². The Kier molecular flexibility index (Phi) is 6.50. The Morgan fingerprint density at radius 2 is 1.84 bits per heavy atom. The minimum atomic E-state index is -3.30. The van der Waals surface area contributed by atoms with Crippen molar-refractivity contribution in [3.05, 3.63) is 53.6 Å². The van der Waals surface area contributed by atoms with E-state index in [1.165, 1.54) is 12.1 Å². The van der Waals surface area contributed by atoms with Crippen molar-refractivity contribution in [3.63, 3.8) is 0 Å². The number of hydrogen-bond donors (Lipinski definition) is 2. The number of nitrogens with one attached hydrogen (secondary N) is 2. The second kappa shape index (κ2) is 8.82. The van der Waals surface area contributed by atoms with Gasteiger partial charge in [0.1, 0.15) is 11.4 Å². The summed E-state index contributed by atoms with van der Waals surface area (Å²) >= 11 is 0. The molecule has 2 aromatic rings. The van der Waals surface area contributed by atoms with Gasteiger partial charge in [0, 0.05) is 6.26 Å². The third-order valence-electron chi connectivity index (χ3n) is 4.82. The van der Waals surface area contributed by atoms with E-state index in [1.54, 1.807) is 52.0 Å². The number of ether oxygens (including phenoxy) is 2. The number of hydrogen-bond acceptors (Lipinski definition) is 6. The maximum Gasteiger partial charge on any atom is 0.408 e. The molecular formula is C23H28N2O6S. The molecular weight excluding hydrogens is 432 g/mol. The van der Waals surface area contributed by atoms with Gasteiger partial charge in [-0.15, -0.1) is 0 Å². The molecule has 1 aliphatic rings. The third kappa shape index (κ3) is 6.00. The van der Waals surface area contributed by atoms with Crippen molar-refractivity contribution in [2.75, 3.05) is 11.6 Å². The number of alkyl carbamates (subject to hydrolysis) is 1. The summed E-state index contributed by atoms with van der Waals surface area (Å²) in [7, 11) is -3.30. The molecule has 2 aromatic carbocycles. The van der Waals surface area contributed by atoms with Crippen LogP contribution < -0.4 is 15.4 Å². The van der Waals surface area contributed by atoms with Gasteiger partial charge in [0.25, 0.3) is 5.91 Å². The molecule has 0 bridgehead atoms. The van der Waals surface area contributed by atoms with Crippen LogP contribution in [0, 0.1) is 0 Å². The van der Waals surface area contributed by atoms with E-state index in [-0.39, 0.29) is 10.8 Å². The average molecular weight is 461 g/mol. The van der Waals surface area contributed by atoms with Crippen LogP contribution in [0.1, 0.15) is 44.9 Å². The van der Waals surface area contributed by atoms with Gasteiger partial charge in [0.15, 0.2) is 15.9 Å². The van der Waals surface area contributed by atoms with E-state index in [2.05, 4.69) is 10.6 Å². The molecule has 9 heteroatoms. The number of fused-ring (bicyclic) bond motifs is 1. The lowest BCUT2D eigenvalue weighted by Gasteiger charge is -2.27. The summed E-state index contributed by atoms with van der Waals surface area (Å²) in [6.07, 6.45) is 0.367. The molecule has 0 radical (unpaired) electrons. The lowest BCUT2D eigenvalue weighted by molar-refractivity contribution is -0.122. The van der Waals surface area contributed by atoms with E-state index in [4.69, 9.17) is 9.47 Å². The molecule has 0 saturated carbocycles. The number of amides is 2. The molecule has 3 rings (SSSR count). The zero-order chi connectivity index (χ0) is 23.7. The molecule has 0 saturated heterocycles. The SMILES string of the molecule is CC1Oc2ccc(C(Cc3ccc(S(C)(=O)=O)cc3)NC(=O)OC(C)(C)C)cc2NC1=O. The first kappa shape index (κ1) is 23.6. The summed E-state index contributed by atoms with van der Waals surface area (Å²) in [6, 6.07) is 11.3. The molecule has 2 amide bonds. The van der Waals surface area contributed by atoms with Gasteiger partial charge >= 0.3 is 6.09 Å². The lowest BCUT2D eigenvalue weighted by Crippen LogP contribution is -2.36. The average Bonchev–Trinajstić information content (AvgIpc) is 2.66. The Morgan fingerprint density at radius 3 is 2.44 bits per heavy atom. The molecule has 0 spiro atoms. The number of anilines is 1. The van der Waals surface area contributed by atoms with E-state index in [0.717, 1.165) is 17.4 Å². The molecule has 2 N–H and O–H groups in total. The highest BCUT2D eigenvalue weighted by atomic mass is 32.2. The van der Waals surface area contributed by atoms with Crippen molar-refractivity contribution in [2.45, 2.75) is 56.8 Å². The first-order valence-electron chi connectivity index (χ1n) is 10.2. The van der Waals surface area contributed by atoms with Crippen molar-refractivity contribution in [3.8, 4) is 5.75 Å². The maximum absolute atomic E-state index is 12.5. The number of benzene rings is 2. The molecule has 32 heavy (non-hydrogen) atoms. The standard InChI is InChI=1S/C23H28N2O6S/c1-14-21(26)24-19-13-16(8-11-20(19)30-14)18(25-22(27)31-23(2,3)4)12-15-6-9-17(10-7-15)32(5,28)29/h6-11,13-14,18H,12H2,1-5H3,(H,24,26)(H,25,27). The van der Waals surface area contributed by atoms with Crippen molar-refractivity contribution in [1.29, 1.82) is 0 Å². The van der Waals surface area contributed by atoms with Gasteiger partial charge in [-0.3, -0.25) is 4.79 Å². The Balaban J connectivity index is 1.90. The third-order valence-corrected chi connectivity index (χ3v) is 5.95. The van der Waals surface area contributed by atoms with E-state index >= 15 is 0 Å². The molecule has 0 aromatic heterocycles. The monoisotopic (exact) mass is 460 g/mol. The minimum absolute atomic E-state index is 0.223. The fraction of sp³-hybridized carbons (Fsp3) is 0.391. The van der Waals surface area contributed by atoms with Gasteiger partial charge in [-0.05, 0) is 69.5 Å². The van der Waals surface area contributed by atoms with Gasteiger partial charge < -0.3 is 20.1 Å². The van der Waals surface area contributed by atoms with E-state index < -0.39 is 33.7 Å². The fourth-order valence-electron chi connectivity index (χ4n) is 3.25. The fourth-order valence-corrected chi connectivity index (χ4v) is 3.88. The summed E-state index contributed by atoms with van der Waals surface area (Å²) in [5.74, 6) is 0.303. The zero-order valence-electron chi connectivity index (χ0n) is 18.8. The summed E-state index contributed by atoms with van der Waals surface area (Å²) in [5.41, 5.74) is 1.42. The zero-order valence-corrected chi connectivity index (χ0v) is 19.6. The molecule has 1 heterocycles. The second-order valence-corrected chi connectivity index (χ2v) is 10.8. The van der Waals surface area contributed by atoms with Gasteiger partial charge in [-0.25, -0.2) is 13.2 Å². The normalized spacial score (nSPS) is 16.9. The Labute approximate surface area is 188 Å². The Bertz CT molecular complexity index is 1120. The topological polar surface area (TPSA) is 111 Å².